The Morgan fingerprint density at radius 3 is 2.70 bits per heavy atom. The molecule has 23 heavy (non-hydrogen) atoms. The van der Waals surface area contributed by atoms with Crippen LogP contribution in [0, 0.1) is 17.2 Å². The Hall–Kier alpha value is -2.75. The maximum atomic E-state index is 12.3. The average Bonchev–Trinajstić information content (AvgIpc) is 2.56. The Morgan fingerprint density at radius 1 is 1.43 bits per heavy atom. The summed E-state index contributed by atoms with van der Waals surface area (Å²) in [5, 5.41) is 20.7. The second-order valence-corrected chi connectivity index (χ2v) is 5.29. The van der Waals surface area contributed by atoms with Gasteiger partial charge >= 0.3 is 12.0 Å². The van der Waals surface area contributed by atoms with Gasteiger partial charge in [0, 0.05) is 13.1 Å². The number of hydrogen-bond acceptors (Lipinski definition) is 4. The van der Waals surface area contributed by atoms with Crippen molar-refractivity contribution >= 4 is 17.7 Å². The van der Waals surface area contributed by atoms with E-state index in [9.17, 15) is 9.59 Å². The Kier molecular flexibility index (Phi) is 5.41. The van der Waals surface area contributed by atoms with Gasteiger partial charge in [-0.2, -0.15) is 5.26 Å². The van der Waals surface area contributed by atoms with Gasteiger partial charge in [0.25, 0.3) is 0 Å². The molecular formula is C16H19N3O4. The van der Waals surface area contributed by atoms with Crippen molar-refractivity contribution < 1.29 is 19.4 Å². The number of rotatable bonds is 4. The van der Waals surface area contributed by atoms with Gasteiger partial charge in [-0.25, -0.2) is 4.79 Å². The highest BCUT2D eigenvalue weighted by Gasteiger charge is 2.27. The van der Waals surface area contributed by atoms with E-state index < -0.39 is 5.97 Å². The van der Waals surface area contributed by atoms with E-state index in [1.165, 1.54) is 0 Å². The van der Waals surface area contributed by atoms with Crippen molar-refractivity contribution in [1.82, 2.24) is 4.90 Å². The summed E-state index contributed by atoms with van der Waals surface area (Å²) >= 11 is 0. The molecule has 122 valence electrons. The summed E-state index contributed by atoms with van der Waals surface area (Å²) in [4.78, 5) is 24.8. The summed E-state index contributed by atoms with van der Waals surface area (Å²) in [7, 11) is 0. The SMILES string of the molecule is CCOc1ccc(C#N)cc1NC(=O)N1CCC(C(=O)O)CC1. The quantitative estimate of drug-likeness (QED) is 0.887. The van der Waals surface area contributed by atoms with Crippen LogP contribution in [0.3, 0.4) is 0 Å². The first-order valence-corrected chi connectivity index (χ1v) is 7.50. The summed E-state index contributed by atoms with van der Waals surface area (Å²) in [5.41, 5.74) is 0.865. The summed E-state index contributed by atoms with van der Waals surface area (Å²) in [6.45, 7) is 3.06. The fourth-order valence-electron chi connectivity index (χ4n) is 2.50. The maximum Gasteiger partial charge on any atom is 0.321 e. The first kappa shape index (κ1) is 16.6. The van der Waals surface area contributed by atoms with Gasteiger partial charge in [-0.15, -0.1) is 0 Å². The van der Waals surface area contributed by atoms with E-state index in [0.717, 1.165) is 0 Å². The number of anilines is 1. The number of urea groups is 1. The lowest BCUT2D eigenvalue weighted by molar-refractivity contribution is -0.143. The minimum absolute atomic E-state index is 0.315. The molecule has 1 heterocycles. The fraction of sp³-hybridized carbons (Fsp3) is 0.438. The van der Waals surface area contributed by atoms with E-state index in [1.54, 1.807) is 23.1 Å². The number of nitrogens with one attached hydrogen (secondary N) is 1. The number of piperidine rings is 1. The molecule has 0 spiro atoms. The molecule has 2 N–H and O–H groups in total. The molecule has 0 unspecified atom stereocenters. The van der Waals surface area contributed by atoms with Crippen molar-refractivity contribution in [2.75, 3.05) is 25.0 Å². The standard InChI is InChI=1S/C16H19N3O4/c1-2-23-14-4-3-11(10-17)9-13(14)18-16(22)19-7-5-12(6-8-19)15(20)21/h3-4,9,12H,2,5-8H2,1H3,(H,18,22)(H,20,21). The number of nitrogens with zero attached hydrogens (tertiary/aromatic N) is 2. The third-order valence-corrected chi connectivity index (χ3v) is 3.78. The predicted octanol–water partition coefficient (Wildman–Crippen LogP) is 2.29. The number of ether oxygens (including phenoxy) is 1. The van der Waals surface area contributed by atoms with Crippen LogP contribution in [0.2, 0.25) is 0 Å². The number of likely N-dealkylation sites (tertiary alicyclic amines) is 1. The minimum atomic E-state index is -0.814. The van der Waals surface area contributed by atoms with Crippen molar-refractivity contribution in [3.8, 4) is 11.8 Å². The van der Waals surface area contributed by atoms with Gasteiger partial charge in [0.15, 0.2) is 0 Å². The van der Waals surface area contributed by atoms with E-state index in [4.69, 9.17) is 15.1 Å². The van der Waals surface area contributed by atoms with Gasteiger partial charge in [-0.1, -0.05) is 0 Å². The highest BCUT2D eigenvalue weighted by atomic mass is 16.5. The lowest BCUT2D eigenvalue weighted by Gasteiger charge is -2.30. The number of carboxylic acid groups (broad SMARTS) is 1. The third-order valence-electron chi connectivity index (χ3n) is 3.78. The number of hydrogen-bond donors (Lipinski definition) is 2. The number of amides is 2. The molecule has 1 aromatic carbocycles. The zero-order valence-corrected chi connectivity index (χ0v) is 12.9. The largest absolute Gasteiger partial charge is 0.492 e. The van der Waals surface area contributed by atoms with Crippen LogP contribution in [-0.2, 0) is 4.79 Å². The Bertz CT molecular complexity index is 631. The number of aliphatic carboxylic acids is 1. The molecule has 0 atom stereocenters. The highest BCUT2D eigenvalue weighted by Crippen LogP contribution is 2.27. The molecule has 1 aliphatic heterocycles. The second-order valence-electron chi connectivity index (χ2n) is 5.29. The van der Waals surface area contributed by atoms with E-state index in [-0.39, 0.29) is 11.9 Å². The van der Waals surface area contributed by atoms with Crippen molar-refractivity contribution in [2.45, 2.75) is 19.8 Å². The van der Waals surface area contributed by atoms with Gasteiger partial charge in [-0.3, -0.25) is 4.79 Å². The minimum Gasteiger partial charge on any atom is -0.492 e. The van der Waals surface area contributed by atoms with Crippen molar-refractivity contribution in [3.05, 3.63) is 23.8 Å². The molecule has 0 radical (unpaired) electrons. The summed E-state index contributed by atoms with van der Waals surface area (Å²) in [6.07, 6.45) is 0.888. The van der Waals surface area contributed by atoms with Crippen LogP contribution >= 0.6 is 0 Å². The van der Waals surface area contributed by atoms with Crippen LogP contribution in [0.15, 0.2) is 18.2 Å². The van der Waals surface area contributed by atoms with Crippen LogP contribution in [0.4, 0.5) is 10.5 Å². The monoisotopic (exact) mass is 317 g/mol. The van der Waals surface area contributed by atoms with Gasteiger partial charge < -0.3 is 20.1 Å². The van der Waals surface area contributed by atoms with Gasteiger partial charge in [0.2, 0.25) is 0 Å². The highest BCUT2D eigenvalue weighted by molar-refractivity contribution is 5.91. The van der Waals surface area contributed by atoms with Crippen molar-refractivity contribution in [2.24, 2.45) is 5.92 Å². The smallest absolute Gasteiger partial charge is 0.321 e. The van der Waals surface area contributed by atoms with Gasteiger partial charge in [0.1, 0.15) is 5.75 Å². The van der Waals surface area contributed by atoms with Crippen LogP contribution in [0.25, 0.3) is 0 Å². The van der Waals surface area contributed by atoms with Crippen LogP contribution in [-0.4, -0.2) is 41.7 Å². The molecule has 0 aliphatic carbocycles. The van der Waals surface area contributed by atoms with Gasteiger partial charge in [-0.05, 0) is 38.0 Å². The van der Waals surface area contributed by atoms with E-state index in [1.807, 2.05) is 13.0 Å². The molecule has 1 aromatic rings. The zero-order valence-electron chi connectivity index (χ0n) is 12.9. The third kappa shape index (κ3) is 4.13. The number of benzene rings is 1. The van der Waals surface area contributed by atoms with Gasteiger partial charge in [0.05, 0.1) is 29.8 Å². The van der Waals surface area contributed by atoms with E-state index in [2.05, 4.69) is 5.32 Å². The fourth-order valence-corrected chi connectivity index (χ4v) is 2.50. The van der Waals surface area contributed by atoms with Crippen molar-refractivity contribution in [1.29, 1.82) is 5.26 Å². The van der Waals surface area contributed by atoms with E-state index in [0.29, 0.717) is 49.5 Å². The molecule has 1 fully saturated rings. The van der Waals surface area contributed by atoms with Crippen LogP contribution in [0.5, 0.6) is 5.75 Å². The molecule has 0 bridgehead atoms. The summed E-state index contributed by atoms with van der Waals surface area (Å²) in [5.74, 6) is -0.703. The normalized spacial score (nSPS) is 14.9. The Labute approximate surface area is 134 Å². The number of carbonyl (C=O) groups excluding carboxylic acids is 1. The molecule has 2 amide bonds. The molecule has 7 nitrogen and oxygen atoms in total. The zero-order chi connectivity index (χ0) is 16.8. The van der Waals surface area contributed by atoms with E-state index >= 15 is 0 Å². The lowest BCUT2D eigenvalue weighted by atomic mass is 9.97. The summed E-state index contributed by atoms with van der Waals surface area (Å²) in [6, 6.07) is 6.54. The van der Waals surface area contributed by atoms with Crippen LogP contribution < -0.4 is 10.1 Å². The number of nitriles is 1. The molecule has 1 aliphatic rings. The topological polar surface area (TPSA) is 103 Å². The molecule has 1 saturated heterocycles. The maximum absolute atomic E-state index is 12.3. The number of carbonyl (C=O) groups is 2. The lowest BCUT2D eigenvalue weighted by Crippen LogP contribution is -2.42. The molecule has 0 aromatic heterocycles. The first-order chi connectivity index (χ1) is 11.0. The second kappa shape index (κ2) is 7.49. The van der Waals surface area contributed by atoms with Crippen LogP contribution in [0.1, 0.15) is 25.3 Å². The first-order valence-electron chi connectivity index (χ1n) is 7.50. The Morgan fingerprint density at radius 2 is 2.13 bits per heavy atom. The Balaban J connectivity index is 2.05. The molecular weight excluding hydrogens is 298 g/mol. The summed E-state index contributed by atoms with van der Waals surface area (Å²) < 4.78 is 5.45. The average molecular weight is 317 g/mol. The molecule has 2 rings (SSSR count). The predicted molar refractivity (Wildman–Crippen MR) is 83.3 cm³/mol. The number of carboxylic acids is 1. The molecule has 7 heteroatoms. The van der Waals surface area contributed by atoms with Crippen molar-refractivity contribution in [3.63, 3.8) is 0 Å². The molecule has 0 saturated carbocycles.